The Morgan fingerprint density at radius 3 is 2.24 bits per heavy atom. The molecule has 0 radical (unpaired) electrons. The number of rotatable bonds is 4. The average molecular weight is 562 g/mol. The highest BCUT2D eigenvalue weighted by Gasteiger charge is 2.34. The van der Waals surface area contributed by atoms with E-state index in [9.17, 15) is 18.4 Å². The molecule has 6 aromatic rings. The summed E-state index contributed by atoms with van der Waals surface area (Å²) in [7, 11) is 0. The Labute approximate surface area is 238 Å². The van der Waals surface area contributed by atoms with Crippen molar-refractivity contribution in [3.05, 3.63) is 112 Å². The van der Waals surface area contributed by atoms with Crippen LogP contribution in [0, 0.1) is 38.7 Å². The molecule has 0 aliphatic rings. The number of alkyl halides is 3. The summed E-state index contributed by atoms with van der Waals surface area (Å²) < 4.78 is 42.7. The number of halogens is 3. The van der Waals surface area contributed by atoms with Crippen molar-refractivity contribution in [2.45, 2.75) is 26.9 Å². The van der Waals surface area contributed by atoms with E-state index in [0.29, 0.717) is 28.6 Å². The molecule has 42 heavy (non-hydrogen) atoms. The lowest BCUT2D eigenvalue weighted by atomic mass is 10.0. The highest BCUT2D eigenvalue weighted by Crippen LogP contribution is 2.41. The first kappa shape index (κ1) is 26.6. The molecule has 0 amide bonds. The van der Waals surface area contributed by atoms with Gasteiger partial charge in [0.2, 0.25) is 0 Å². The second kappa shape index (κ2) is 9.79. The molecule has 1 N–H and O–H groups in total. The van der Waals surface area contributed by atoms with E-state index in [4.69, 9.17) is 11.6 Å². The third kappa shape index (κ3) is 4.40. The largest absolute Gasteiger partial charge is 0.432 e. The monoisotopic (exact) mass is 561 g/mol. The summed E-state index contributed by atoms with van der Waals surface area (Å²) in [6.07, 6.45) is -4.60. The molecule has 0 saturated carbocycles. The molecular weight excluding hydrogens is 539 g/mol. The van der Waals surface area contributed by atoms with Crippen LogP contribution >= 0.6 is 0 Å². The molecular formula is C32H22F3N7. The number of aryl methyl sites for hydroxylation is 3. The lowest BCUT2D eigenvalue weighted by Crippen LogP contribution is -2.16. The third-order valence-corrected chi connectivity index (χ3v) is 7.14. The molecule has 0 fully saturated rings. The molecule has 7 nitrogen and oxygen atoms in total. The molecule has 3 aromatic carbocycles. The predicted octanol–water partition coefficient (Wildman–Crippen LogP) is 8.74. The predicted molar refractivity (Wildman–Crippen MR) is 156 cm³/mol. The minimum atomic E-state index is -4.60. The Kier molecular flexibility index (Phi) is 6.20. The minimum absolute atomic E-state index is 0.0459. The zero-order chi connectivity index (χ0) is 29.8. The molecule has 0 bridgehead atoms. The van der Waals surface area contributed by atoms with Crippen LogP contribution in [0.15, 0.2) is 72.8 Å². The second-order valence-corrected chi connectivity index (χ2v) is 10.1. The van der Waals surface area contributed by atoms with Gasteiger partial charge in [0.05, 0.1) is 34.9 Å². The number of fused-ring (bicyclic) bond motifs is 3. The molecule has 206 valence electrons. The van der Waals surface area contributed by atoms with Crippen LogP contribution in [0.3, 0.4) is 0 Å². The number of aromatic amines is 1. The number of anilines is 3. The number of nitrogens with one attached hydrogen (secondary N) is 1. The number of benzene rings is 3. The van der Waals surface area contributed by atoms with E-state index in [0.717, 1.165) is 44.6 Å². The molecule has 0 aliphatic carbocycles. The molecule has 0 saturated heterocycles. The molecule has 0 spiro atoms. The van der Waals surface area contributed by atoms with Crippen LogP contribution in [0.4, 0.5) is 36.2 Å². The minimum Gasteiger partial charge on any atom is -0.294 e. The number of hydrogen-bond acceptors (Lipinski definition) is 4. The van der Waals surface area contributed by atoms with Crippen molar-refractivity contribution in [3.63, 3.8) is 0 Å². The normalized spacial score (nSPS) is 11.5. The lowest BCUT2D eigenvalue weighted by molar-refractivity contribution is -0.141. The van der Waals surface area contributed by atoms with E-state index in [1.165, 1.54) is 0 Å². The first-order chi connectivity index (χ1) is 20.1. The van der Waals surface area contributed by atoms with Gasteiger partial charge in [-0.05, 0) is 79.7 Å². The van der Waals surface area contributed by atoms with Crippen molar-refractivity contribution in [2.75, 3.05) is 4.90 Å². The van der Waals surface area contributed by atoms with E-state index in [-0.39, 0.29) is 5.82 Å². The number of nitriles is 1. The zero-order valence-corrected chi connectivity index (χ0v) is 22.7. The SMILES string of the molecule is [C-]#[N+]c1ccc2c(c1)c1cc(C#N)ccc1n2-c1cccc(N(c2cc(C(F)(F)F)[nH]n2)c2c(C)cc(C)cc2C)n1. The zero-order valence-electron chi connectivity index (χ0n) is 22.7. The Hall–Kier alpha value is -5.61. The van der Waals surface area contributed by atoms with Gasteiger partial charge >= 0.3 is 6.18 Å². The maximum Gasteiger partial charge on any atom is 0.432 e. The van der Waals surface area contributed by atoms with Crippen LogP contribution in [-0.4, -0.2) is 19.7 Å². The van der Waals surface area contributed by atoms with Gasteiger partial charge < -0.3 is 0 Å². The van der Waals surface area contributed by atoms with Crippen molar-refractivity contribution >= 4 is 44.8 Å². The number of pyridine rings is 1. The maximum atomic E-state index is 13.6. The molecule has 3 aromatic heterocycles. The Balaban J connectivity index is 1.61. The van der Waals surface area contributed by atoms with Gasteiger partial charge in [0.1, 0.15) is 17.3 Å². The Morgan fingerprint density at radius 2 is 1.60 bits per heavy atom. The first-order valence-electron chi connectivity index (χ1n) is 12.9. The Morgan fingerprint density at radius 1 is 0.905 bits per heavy atom. The second-order valence-electron chi connectivity index (χ2n) is 10.1. The molecule has 10 heteroatoms. The smallest absolute Gasteiger partial charge is 0.294 e. The topological polar surface area (TPSA) is 77.9 Å². The summed E-state index contributed by atoms with van der Waals surface area (Å²) in [5.41, 5.74) is 4.91. The fourth-order valence-electron chi connectivity index (χ4n) is 5.50. The molecule has 6 rings (SSSR count). The van der Waals surface area contributed by atoms with Crippen LogP contribution in [0.2, 0.25) is 0 Å². The first-order valence-corrected chi connectivity index (χ1v) is 12.9. The van der Waals surface area contributed by atoms with Crippen molar-refractivity contribution in [1.82, 2.24) is 19.7 Å². The van der Waals surface area contributed by atoms with Crippen LogP contribution in [0.25, 0.3) is 32.5 Å². The van der Waals surface area contributed by atoms with Gasteiger partial charge in [-0.1, -0.05) is 29.8 Å². The molecule has 3 heterocycles. The van der Waals surface area contributed by atoms with Gasteiger partial charge in [-0.3, -0.25) is 14.6 Å². The number of H-pyrrole nitrogens is 1. The van der Waals surface area contributed by atoms with Gasteiger partial charge in [-0.25, -0.2) is 9.83 Å². The van der Waals surface area contributed by atoms with Gasteiger partial charge in [0, 0.05) is 11.5 Å². The van der Waals surface area contributed by atoms with Crippen molar-refractivity contribution < 1.29 is 13.2 Å². The van der Waals surface area contributed by atoms with Crippen molar-refractivity contribution in [1.29, 1.82) is 5.26 Å². The summed E-state index contributed by atoms with van der Waals surface area (Å²) in [5.74, 6) is 0.917. The number of nitrogens with zero attached hydrogens (tertiary/aromatic N) is 6. The number of hydrogen-bond donors (Lipinski definition) is 1. The van der Waals surface area contributed by atoms with E-state index < -0.39 is 11.9 Å². The lowest BCUT2D eigenvalue weighted by Gasteiger charge is -2.26. The molecule has 0 atom stereocenters. The van der Waals surface area contributed by atoms with Gasteiger partial charge in [-0.2, -0.15) is 23.5 Å². The van der Waals surface area contributed by atoms with Crippen LogP contribution in [0.5, 0.6) is 0 Å². The van der Waals surface area contributed by atoms with Crippen molar-refractivity contribution in [2.24, 2.45) is 0 Å². The summed E-state index contributed by atoms with van der Waals surface area (Å²) in [6, 6.07) is 23.0. The molecule has 0 aliphatic heterocycles. The van der Waals surface area contributed by atoms with Crippen LogP contribution in [-0.2, 0) is 6.18 Å². The molecule has 0 unspecified atom stereocenters. The van der Waals surface area contributed by atoms with Gasteiger partial charge in [0.15, 0.2) is 11.5 Å². The van der Waals surface area contributed by atoms with Crippen molar-refractivity contribution in [3.8, 4) is 11.9 Å². The van der Waals surface area contributed by atoms with Gasteiger partial charge in [-0.15, -0.1) is 0 Å². The van der Waals surface area contributed by atoms with E-state index in [2.05, 4.69) is 21.1 Å². The van der Waals surface area contributed by atoms with E-state index in [1.807, 2.05) is 55.7 Å². The average Bonchev–Trinajstić information content (AvgIpc) is 3.57. The van der Waals surface area contributed by atoms with Gasteiger partial charge in [0.25, 0.3) is 0 Å². The highest BCUT2D eigenvalue weighted by molar-refractivity contribution is 6.10. The maximum absolute atomic E-state index is 13.6. The van der Waals surface area contributed by atoms with Crippen LogP contribution in [0.1, 0.15) is 27.9 Å². The van der Waals surface area contributed by atoms with E-state index in [1.54, 1.807) is 41.3 Å². The summed E-state index contributed by atoms with van der Waals surface area (Å²) in [5, 5.41) is 17.3. The third-order valence-electron chi connectivity index (χ3n) is 7.14. The summed E-state index contributed by atoms with van der Waals surface area (Å²) >= 11 is 0. The Bertz CT molecular complexity index is 2010. The fraction of sp³-hybridized carbons (Fsp3) is 0.125. The van der Waals surface area contributed by atoms with Crippen LogP contribution < -0.4 is 4.90 Å². The fourth-order valence-corrected chi connectivity index (χ4v) is 5.50. The number of aromatic nitrogens is 4. The standard InChI is InChI=1S/C32H22F3N7/c1-18-12-19(2)31(20(3)13-18)42(30-16-27(39-40-30)32(33,34)35)29-7-5-6-28(38-29)41-25-10-8-21(17-36)14-23(25)24-15-22(37-4)9-11-26(24)41/h5-16H,1-3H3,(H,39,40). The summed E-state index contributed by atoms with van der Waals surface area (Å²) in [6.45, 7) is 13.2. The quantitative estimate of drug-likeness (QED) is 0.218. The van der Waals surface area contributed by atoms with E-state index >= 15 is 0 Å². The summed E-state index contributed by atoms with van der Waals surface area (Å²) in [4.78, 5) is 10.1. The highest BCUT2D eigenvalue weighted by atomic mass is 19.4.